The number of nitro groups is 1. The van der Waals surface area contributed by atoms with E-state index in [0.29, 0.717) is 5.69 Å². The van der Waals surface area contributed by atoms with Crippen molar-refractivity contribution in [2.75, 3.05) is 4.90 Å². The third-order valence-electron chi connectivity index (χ3n) is 4.12. The van der Waals surface area contributed by atoms with Gasteiger partial charge in [0, 0.05) is 21.7 Å². The van der Waals surface area contributed by atoms with Gasteiger partial charge in [0.2, 0.25) is 0 Å². The van der Waals surface area contributed by atoms with Crippen molar-refractivity contribution < 1.29 is 10.0 Å². The molecule has 2 aliphatic rings. The molecular weight excluding hydrogens is 359 g/mol. The first-order chi connectivity index (χ1) is 9.06. The van der Waals surface area contributed by atoms with Gasteiger partial charge >= 0.3 is 0 Å². The van der Waals surface area contributed by atoms with Crippen LogP contribution in [0.1, 0.15) is 25.7 Å². The van der Waals surface area contributed by atoms with Gasteiger partial charge in [0.05, 0.1) is 11.0 Å². The van der Waals surface area contributed by atoms with Gasteiger partial charge in [-0.15, -0.1) is 0 Å². The summed E-state index contributed by atoms with van der Waals surface area (Å²) in [5.41, 5.74) is 0.894. The third-order valence-corrected chi connectivity index (χ3v) is 4.79. The highest BCUT2D eigenvalue weighted by atomic mass is 127. The van der Waals surface area contributed by atoms with Gasteiger partial charge in [-0.25, -0.2) is 0 Å². The van der Waals surface area contributed by atoms with Crippen LogP contribution in [0.4, 0.5) is 11.4 Å². The minimum absolute atomic E-state index is 0.181. The number of aliphatic hydroxyl groups is 1. The van der Waals surface area contributed by atoms with Crippen LogP contribution in [0.5, 0.6) is 0 Å². The molecule has 1 aromatic carbocycles. The molecule has 2 bridgehead atoms. The first-order valence-electron chi connectivity index (χ1n) is 6.46. The summed E-state index contributed by atoms with van der Waals surface area (Å²) < 4.78 is 0.873. The van der Waals surface area contributed by atoms with E-state index >= 15 is 0 Å². The Bertz CT molecular complexity index is 509. The zero-order valence-electron chi connectivity index (χ0n) is 10.3. The molecule has 2 saturated heterocycles. The minimum Gasteiger partial charge on any atom is -0.393 e. The van der Waals surface area contributed by atoms with Crippen LogP contribution < -0.4 is 4.90 Å². The van der Waals surface area contributed by atoms with Gasteiger partial charge in [-0.05, 0) is 60.4 Å². The second-order valence-electron chi connectivity index (χ2n) is 5.31. The summed E-state index contributed by atoms with van der Waals surface area (Å²) in [6.45, 7) is 0. The lowest BCUT2D eigenvalue weighted by molar-refractivity contribution is -0.384. The lowest BCUT2D eigenvalue weighted by atomic mass is 9.98. The van der Waals surface area contributed by atoms with Crippen molar-refractivity contribution in [3.8, 4) is 0 Å². The fourth-order valence-electron chi connectivity index (χ4n) is 3.40. The van der Waals surface area contributed by atoms with E-state index in [1.54, 1.807) is 6.07 Å². The summed E-state index contributed by atoms with van der Waals surface area (Å²) in [6, 6.07) is 5.87. The van der Waals surface area contributed by atoms with Crippen LogP contribution in [0.3, 0.4) is 0 Å². The molecule has 0 saturated carbocycles. The van der Waals surface area contributed by atoms with E-state index in [4.69, 9.17) is 0 Å². The van der Waals surface area contributed by atoms with E-state index in [1.807, 2.05) is 12.1 Å². The van der Waals surface area contributed by atoms with Gasteiger partial charge < -0.3 is 10.0 Å². The zero-order valence-corrected chi connectivity index (χ0v) is 12.5. The maximum absolute atomic E-state index is 11.2. The summed E-state index contributed by atoms with van der Waals surface area (Å²) in [4.78, 5) is 13.1. The standard InChI is InChI=1S/C13H15IN2O3/c14-8-1-4-12(13(5-8)16(18)19)15-9-2-3-10(15)7-11(17)6-9/h1,4-5,9-11,17H,2-3,6-7H2. The summed E-state index contributed by atoms with van der Waals surface area (Å²) in [5, 5.41) is 21.1. The Morgan fingerprint density at radius 2 is 1.95 bits per heavy atom. The second kappa shape index (κ2) is 4.90. The highest BCUT2D eigenvalue weighted by Crippen LogP contribution is 2.43. The molecule has 2 atom stereocenters. The Morgan fingerprint density at radius 3 is 2.53 bits per heavy atom. The second-order valence-corrected chi connectivity index (χ2v) is 6.55. The van der Waals surface area contributed by atoms with E-state index in [-0.39, 0.29) is 28.8 Å². The predicted octanol–water partition coefficient (Wildman–Crippen LogP) is 2.69. The van der Waals surface area contributed by atoms with E-state index in [0.717, 1.165) is 29.3 Å². The van der Waals surface area contributed by atoms with Crippen LogP contribution in [0.15, 0.2) is 18.2 Å². The first kappa shape index (κ1) is 13.1. The Balaban J connectivity index is 2.01. The third kappa shape index (κ3) is 2.31. The Hall–Kier alpha value is -0.890. The fourth-order valence-corrected chi connectivity index (χ4v) is 3.88. The number of rotatable bonds is 2. The highest BCUT2D eigenvalue weighted by Gasteiger charge is 2.42. The van der Waals surface area contributed by atoms with Gasteiger partial charge in [-0.2, -0.15) is 0 Å². The Morgan fingerprint density at radius 1 is 1.32 bits per heavy atom. The number of aliphatic hydroxyl groups excluding tert-OH is 1. The molecule has 5 nitrogen and oxygen atoms in total. The van der Waals surface area contributed by atoms with Crippen LogP contribution in [0, 0.1) is 13.7 Å². The van der Waals surface area contributed by atoms with Crippen LogP contribution in [-0.2, 0) is 0 Å². The number of anilines is 1. The van der Waals surface area contributed by atoms with E-state index in [2.05, 4.69) is 27.5 Å². The number of fused-ring (bicyclic) bond motifs is 2. The Kier molecular flexibility index (Phi) is 3.38. The average molecular weight is 374 g/mol. The van der Waals surface area contributed by atoms with Crippen molar-refractivity contribution >= 4 is 34.0 Å². The van der Waals surface area contributed by atoms with Gasteiger partial charge in [0.25, 0.3) is 5.69 Å². The molecule has 0 spiro atoms. The van der Waals surface area contributed by atoms with Crippen molar-refractivity contribution in [2.45, 2.75) is 43.9 Å². The van der Waals surface area contributed by atoms with E-state index in [1.165, 1.54) is 0 Å². The normalized spacial score (nSPS) is 29.6. The van der Waals surface area contributed by atoms with Crippen LogP contribution in [0.25, 0.3) is 0 Å². The summed E-state index contributed by atoms with van der Waals surface area (Å²) in [5.74, 6) is 0. The molecule has 2 heterocycles. The number of halogens is 1. The van der Waals surface area contributed by atoms with Crippen molar-refractivity contribution in [1.29, 1.82) is 0 Å². The lowest BCUT2D eigenvalue weighted by Crippen LogP contribution is -2.45. The van der Waals surface area contributed by atoms with Crippen molar-refractivity contribution in [3.63, 3.8) is 0 Å². The maximum Gasteiger partial charge on any atom is 0.293 e. The molecule has 3 rings (SSSR count). The number of hydrogen-bond acceptors (Lipinski definition) is 4. The van der Waals surface area contributed by atoms with E-state index < -0.39 is 0 Å². The van der Waals surface area contributed by atoms with Crippen molar-refractivity contribution in [1.82, 2.24) is 0 Å². The molecule has 0 radical (unpaired) electrons. The molecule has 102 valence electrons. The monoisotopic (exact) mass is 374 g/mol. The largest absolute Gasteiger partial charge is 0.393 e. The molecule has 2 fully saturated rings. The number of nitro benzene ring substituents is 1. The van der Waals surface area contributed by atoms with Crippen LogP contribution >= 0.6 is 22.6 Å². The lowest BCUT2D eigenvalue weighted by Gasteiger charge is -2.38. The molecule has 0 aromatic heterocycles. The number of piperidine rings is 1. The number of benzene rings is 1. The van der Waals surface area contributed by atoms with Crippen molar-refractivity contribution in [3.05, 3.63) is 31.9 Å². The molecule has 2 unspecified atom stereocenters. The molecular formula is C13H15IN2O3. The molecule has 0 amide bonds. The molecule has 1 N–H and O–H groups in total. The SMILES string of the molecule is O=[N+]([O-])c1cc(I)ccc1N1C2CCC1CC(O)C2. The molecule has 19 heavy (non-hydrogen) atoms. The van der Waals surface area contributed by atoms with Crippen LogP contribution in [-0.4, -0.2) is 28.2 Å². The molecule has 0 aliphatic carbocycles. The summed E-state index contributed by atoms with van der Waals surface area (Å²) in [6.07, 6.45) is 3.23. The molecule has 6 heteroatoms. The van der Waals surface area contributed by atoms with Gasteiger partial charge in [-0.3, -0.25) is 10.1 Å². The van der Waals surface area contributed by atoms with Gasteiger partial charge in [-0.1, -0.05) is 0 Å². The van der Waals surface area contributed by atoms with Crippen LogP contribution in [0.2, 0.25) is 0 Å². The first-order valence-corrected chi connectivity index (χ1v) is 7.54. The predicted molar refractivity (Wildman–Crippen MR) is 80.3 cm³/mol. The fraction of sp³-hybridized carbons (Fsp3) is 0.538. The average Bonchev–Trinajstić information content (AvgIpc) is 2.62. The summed E-state index contributed by atoms with van der Waals surface area (Å²) >= 11 is 2.09. The zero-order chi connectivity index (χ0) is 13.6. The smallest absolute Gasteiger partial charge is 0.293 e. The quantitative estimate of drug-likeness (QED) is 0.491. The van der Waals surface area contributed by atoms with Gasteiger partial charge in [0.1, 0.15) is 5.69 Å². The van der Waals surface area contributed by atoms with E-state index in [9.17, 15) is 15.2 Å². The number of nitrogens with zero attached hydrogens (tertiary/aromatic N) is 2. The molecule has 1 aromatic rings. The highest BCUT2D eigenvalue weighted by molar-refractivity contribution is 14.1. The Labute approximate surface area is 124 Å². The number of hydrogen-bond donors (Lipinski definition) is 1. The minimum atomic E-state index is -0.304. The molecule has 2 aliphatic heterocycles. The topological polar surface area (TPSA) is 66.6 Å². The summed E-state index contributed by atoms with van der Waals surface area (Å²) in [7, 11) is 0. The van der Waals surface area contributed by atoms with Gasteiger partial charge in [0.15, 0.2) is 0 Å². The van der Waals surface area contributed by atoms with Crippen molar-refractivity contribution in [2.24, 2.45) is 0 Å². The maximum atomic E-state index is 11.2.